The second-order valence-corrected chi connectivity index (χ2v) is 4.86. The fraction of sp³-hybridized carbons (Fsp3) is 0.417. The van der Waals surface area contributed by atoms with Gasteiger partial charge in [0.15, 0.2) is 0 Å². The summed E-state index contributed by atoms with van der Waals surface area (Å²) in [4.78, 5) is 21.8. The zero-order valence-electron chi connectivity index (χ0n) is 10.2. The van der Waals surface area contributed by atoms with Crippen molar-refractivity contribution in [2.45, 2.75) is 25.3 Å². The van der Waals surface area contributed by atoms with Crippen LogP contribution in [0.25, 0.3) is 0 Å². The molecule has 0 radical (unpaired) electrons. The highest BCUT2D eigenvalue weighted by molar-refractivity contribution is 6.32. The van der Waals surface area contributed by atoms with Gasteiger partial charge in [-0.1, -0.05) is 11.6 Å². The first-order chi connectivity index (χ1) is 9.06. The lowest BCUT2D eigenvalue weighted by atomic mass is 10.2. The third-order valence-corrected chi connectivity index (χ3v) is 3.11. The van der Waals surface area contributed by atoms with Crippen molar-refractivity contribution in [1.82, 2.24) is 5.32 Å². The minimum Gasteiger partial charge on any atom is -0.326 e. The number of hydrogen-bond donors (Lipinski definition) is 2. The highest BCUT2D eigenvalue weighted by atomic mass is 35.5. The number of nitrogens with zero attached hydrogens (tertiary/aromatic N) is 1. The van der Waals surface area contributed by atoms with Crippen LogP contribution in [0, 0.1) is 10.1 Å². The van der Waals surface area contributed by atoms with Gasteiger partial charge in [0.05, 0.1) is 4.92 Å². The first-order valence-corrected chi connectivity index (χ1v) is 6.41. The minimum absolute atomic E-state index is 0.0541. The number of rotatable bonds is 6. The molecule has 19 heavy (non-hydrogen) atoms. The van der Waals surface area contributed by atoms with Gasteiger partial charge in [0, 0.05) is 30.8 Å². The molecule has 0 aromatic heterocycles. The molecule has 0 saturated heterocycles. The first-order valence-electron chi connectivity index (χ1n) is 6.03. The summed E-state index contributed by atoms with van der Waals surface area (Å²) >= 11 is 5.69. The van der Waals surface area contributed by atoms with Crippen molar-refractivity contribution in [3.8, 4) is 0 Å². The Kier molecular flexibility index (Phi) is 4.34. The van der Waals surface area contributed by atoms with E-state index < -0.39 is 4.92 Å². The van der Waals surface area contributed by atoms with Crippen molar-refractivity contribution < 1.29 is 9.72 Å². The van der Waals surface area contributed by atoms with Gasteiger partial charge in [-0.2, -0.15) is 0 Å². The number of nitro benzene ring substituents is 1. The second-order valence-electron chi connectivity index (χ2n) is 4.45. The van der Waals surface area contributed by atoms with Gasteiger partial charge in [-0.05, 0) is 25.0 Å². The summed E-state index contributed by atoms with van der Waals surface area (Å²) in [5.41, 5.74) is 0.170. The van der Waals surface area contributed by atoms with E-state index in [1.165, 1.54) is 25.0 Å². The van der Waals surface area contributed by atoms with Gasteiger partial charge < -0.3 is 10.6 Å². The number of amides is 1. The third kappa shape index (κ3) is 4.18. The van der Waals surface area contributed by atoms with E-state index in [0.717, 1.165) is 0 Å². The predicted molar refractivity (Wildman–Crippen MR) is 72.4 cm³/mol. The molecular weight excluding hydrogens is 270 g/mol. The van der Waals surface area contributed by atoms with Crippen molar-refractivity contribution in [2.75, 3.05) is 11.9 Å². The van der Waals surface area contributed by atoms with Crippen LogP contribution in [0.5, 0.6) is 0 Å². The monoisotopic (exact) mass is 283 g/mol. The van der Waals surface area contributed by atoms with Crippen molar-refractivity contribution in [2.24, 2.45) is 0 Å². The van der Waals surface area contributed by atoms with Gasteiger partial charge in [0.2, 0.25) is 5.91 Å². The molecule has 1 amide bonds. The third-order valence-electron chi connectivity index (χ3n) is 2.79. The number of hydrogen-bond acceptors (Lipinski definition) is 4. The average molecular weight is 284 g/mol. The van der Waals surface area contributed by atoms with Crippen molar-refractivity contribution in [3.05, 3.63) is 33.3 Å². The van der Waals surface area contributed by atoms with Gasteiger partial charge >= 0.3 is 0 Å². The lowest BCUT2D eigenvalue weighted by molar-refractivity contribution is -0.384. The molecule has 0 unspecified atom stereocenters. The molecule has 0 atom stereocenters. The smallest absolute Gasteiger partial charge is 0.289 e. The highest BCUT2D eigenvalue weighted by Gasteiger charge is 2.20. The van der Waals surface area contributed by atoms with Crippen LogP contribution in [0.15, 0.2) is 18.2 Å². The van der Waals surface area contributed by atoms with Crippen LogP contribution in [-0.2, 0) is 4.79 Å². The molecule has 1 aromatic rings. The van der Waals surface area contributed by atoms with E-state index in [2.05, 4.69) is 10.6 Å². The number of nitrogens with one attached hydrogen (secondary N) is 2. The Morgan fingerprint density at radius 1 is 1.47 bits per heavy atom. The quantitative estimate of drug-likeness (QED) is 0.620. The molecule has 102 valence electrons. The van der Waals surface area contributed by atoms with Crippen LogP contribution >= 0.6 is 11.6 Å². The van der Waals surface area contributed by atoms with E-state index in [0.29, 0.717) is 24.7 Å². The van der Waals surface area contributed by atoms with Gasteiger partial charge in [0.1, 0.15) is 5.02 Å². The van der Waals surface area contributed by atoms with E-state index >= 15 is 0 Å². The molecule has 2 rings (SSSR count). The van der Waals surface area contributed by atoms with Crippen molar-refractivity contribution >= 4 is 28.9 Å². The molecule has 7 heteroatoms. The number of halogens is 1. The average Bonchev–Trinajstić information content (AvgIpc) is 3.15. The van der Waals surface area contributed by atoms with Gasteiger partial charge in [0.25, 0.3) is 5.69 Å². The minimum atomic E-state index is -0.577. The Morgan fingerprint density at radius 3 is 2.84 bits per heavy atom. The molecule has 1 aliphatic carbocycles. The molecule has 0 heterocycles. The Morgan fingerprint density at radius 2 is 2.21 bits per heavy atom. The summed E-state index contributed by atoms with van der Waals surface area (Å²) < 4.78 is 0. The van der Waals surface area contributed by atoms with Crippen LogP contribution in [0.4, 0.5) is 11.4 Å². The van der Waals surface area contributed by atoms with Crippen LogP contribution < -0.4 is 10.6 Å². The summed E-state index contributed by atoms with van der Waals surface area (Å²) in [6.07, 6.45) is 2.68. The van der Waals surface area contributed by atoms with Crippen LogP contribution in [0.3, 0.4) is 0 Å². The molecule has 6 nitrogen and oxygen atoms in total. The molecule has 1 fully saturated rings. The summed E-state index contributed by atoms with van der Waals surface area (Å²) in [7, 11) is 0. The number of carbonyl (C=O) groups is 1. The molecule has 1 aromatic carbocycles. The molecule has 1 aliphatic rings. The number of carbonyl (C=O) groups excluding carboxylic acids is 1. The van der Waals surface area contributed by atoms with Gasteiger partial charge in [-0.3, -0.25) is 14.9 Å². The number of anilines is 1. The van der Waals surface area contributed by atoms with E-state index in [1.807, 2.05) is 0 Å². The first kappa shape index (κ1) is 13.8. The number of benzene rings is 1. The Bertz CT molecular complexity index is 503. The normalized spacial score (nSPS) is 14.2. The predicted octanol–water partition coefficient (Wildman–Crippen LogP) is 2.33. The summed E-state index contributed by atoms with van der Waals surface area (Å²) in [6.45, 7) is 0.617. The largest absolute Gasteiger partial charge is 0.326 e. The second kappa shape index (κ2) is 5.99. The van der Waals surface area contributed by atoms with E-state index in [-0.39, 0.29) is 16.6 Å². The van der Waals surface area contributed by atoms with E-state index in [4.69, 9.17) is 11.6 Å². The Hall–Kier alpha value is -1.66. The Balaban J connectivity index is 1.88. The molecule has 0 aliphatic heterocycles. The SMILES string of the molecule is O=C(CCNC1CC1)Nc1ccc(Cl)c([N+](=O)[O-])c1. The molecule has 0 bridgehead atoms. The van der Waals surface area contributed by atoms with Crippen molar-refractivity contribution in [1.29, 1.82) is 0 Å². The lowest BCUT2D eigenvalue weighted by Gasteiger charge is -2.06. The Labute approximate surface area is 115 Å². The molecule has 1 saturated carbocycles. The summed E-state index contributed by atoms with van der Waals surface area (Å²) in [6, 6.07) is 4.76. The van der Waals surface area contributed by atoms with Crippen molar-refractivity contribution in [3.63, 3.8) is 0 Å². The zero-order chi connectivity index (χ0) is 13.8. The van der Waals surface area contributed by atoms with E-state index in [9.17, 15) is 14.9 Å². The molecule has 2 N–H and O–H groups in total. The maximum Gasteiger partial charge on any atom is 0.289 e. The number of nitro groups is 1. The maximum atomic E-state index is 11.6. The van der Waals surface area contributed by atoms with Crippen LogP contribution in [0.1, 0.15) is 19.3 Å². The molecular formula is C12H14ClN3O3. The zero-order valence-corrected chi connectivity index (χ0v) is 10.9. The van der Waals surface area contributed by atoms with Gasteiger partial charge in [-0.25, -0.2) is 0 Å². The van der Waals surface area contributed by atoms with Crippen LogP contribution in [-0.4, -0.2) is 23.4 Å². The van der Waals surface area contributed by atoms with Crippen LogP contribution in [0.2, 0.25) is 5.02 Å². The fourth-order valence-corrected chi connectivity index (χ4v) is 1.82. The van der Waals surface area contributed by atoms with Gasteiger partial charge in [-0.15, -0.1) is 0 Å². The fourth-order valence-electron chi connectivity index (χ4n) is 1.63. The standard InChI is InChI=1S/C12H14ClN3O3/c13-10-4-3-9(7-11(10)16(18)19)15-12(17)5-6-14-8-1-2-8/h3-4,7-8,14H,1-2,5-6H2,(H,15,17). The summed E-state index contributed by atoms with van der Waals surface area (Å²) in [5.74, 6) is -0.176. The summed E-state index contributed by atoms with van der Waals surface area (Å²) in [5, 5.41) is 16.6. The lowest BCUT2D eigenvalue weighted by Crippen LogP contribution is -2.23. The highest BCUT2D eigenvalue weighted by Crippen LogP contribution is 2.27. The molecule has 0 spiro atoms. The van der Waals surface area contributed by atoms with E-state index in [1.54, 1.807) is 6.07 Å². The topological polar surface area (TPSA) is 84.3 Å². The maximum absolute atomic E-state index is 11.6.